The Bertz CT molecular complexity index is 1430. The molecular formula is C23H20Cl2N4O6S. The van der Waals surface area contributed by atoms with Crippen molar-refractivity contribution in [2.24, 2.45) is 5.10 Å². The van der Waals surface area contributed by atoms with Crippen molar-refractivity contribution in [1.29, 1.82) is 0 Å². The lowest BCUT2D eigenvalue weighted by atomic mass is 10.2. The van der Waals surface area contributed by atoms with Crippen molar-refractivity contribution in [3.63, 3.8) is 0 Å². The van der Waals surface area contributed by atoms with Crippen molar-refractivity contribution in [1.82, 2.24) is 5.43 Å². The van der Waals surface area contributed by atoms with Crippen LogP contribution in [0.5, 0.6) is 5.75 Å². The number of hydrogen-bond donors (Lipinski definition) is 1. The van der Waals surface area contributed by atoms with Crippen molar-refractivity contribution in [3.05, 3.63) is 92.0 Å². The van der Waals surface area contributed by atoms with Crippen LogP contribution in [-0.2, 0) is 14.8 Å². The summed E-state index contributed by atoms with van der Waals surface area (Å²) in [4.78, 5) is 23.0. The molecule has 36 heavy (non-hydrogen) atoms. The number of hydrogen-bond acceptors (Lipinski definition) is 7. The zero-order valence-corrected chi connectivity index (χ0v) is 21.3. The quantitative estimate of drug-likeness (QED) is 0.236. The van der Waals surface area contributed by atoms with Crippen LogP contribution in [0, 0.1) is 17.0 Å². The molecule has 0 unspecified atom stereocenters. The molecule has 0 heterocycles. The standard InChI is InChI=1S/C23H20Cl2N4O6S/c1-15-3-7-19(8-4-15)36(33,34)28(17-6-10-22(35-2)21(25)12-17)14-23(30)27-26-13-16-11-18(29(31)32)5-9-20(16)24/h3-13H,14H2,1-2H3,(H,27,30)/b26-13-. The third-order valence-electron chi connectivity index (χ3n) is 4.90. The Morgan fingerprint density at radius 3 is 2.42 bits per heavy atom. The molecule has 0 spiro atoms. The minimum absolute atomic E-state index is 0.0280. The van der Waals surface area contributed by atoms with Gasteiger partial charge in [-0.25, -0.2) is 13.8 Å². The molecule has 0 fully saturated rings. The van der Waals surface area contributed by atoms with E-state index in [0.29, 0.717) is 5.75 Å². The number of nitrogens with one attached hydrogen (secondary N) is 1. The number of halogens is 2. The molecule has 0 radical (unpaired) electrons. The molecule has 0 saturated heterocycles. The van der Waals surface area contributed by atoms with Crippen LogP contribution in [0.4, 0.5) is 11.4 Å². The Balaban J connectivity index is 1.89. The summed E-state index contributed by atoms with van der Waals surface area (Å²) in [5.41, 5.74) is 3.19. The van der Waals surface area contributed by atoms with E-state index in [1.807, 2.05) is 6.92 Å². The summed E-state index contributed by atoms with van der Waals surface area (Å²) in [6, 6.07) is 14.2. The molecule has 1 N–H and O–H groups in total. The van der Waals surface area contributed by atoms with Crippen molar-refractivity contribution in [2.75, 3.05) is 18.0 Å². The van der Waals surface area contributed by atoms with E-state index < -0.39 is 27.4 Å². The van der Waals surface area contributed by atoms with E-state index in [1.54, 1.807) is 12.1 Å². The first-order valence-electron chi connectivity index (χ1n) is 10.2. The summed E-state index contributed by atoms with van der Waals surface area (Å²) in [7, 11) is -2.76. The number of amides is 1. The Morgan fingerprint density at radius 1 is 1.11 bits per heavy atom. The van der Waals surface area contributed by atoms with Crippen LogP contribution in [0.3, 0.4) is 0 Å². The fourth-order valence-corrected chi connectivity index (χ4v) is 4.88. The number of aryl methyl sites for hydroxylation is 1. The number of carbonyl (C=O) groups excluding carboxylic acids is 1. The number of nitro benzene ring substituents is 1. The molecular weight excluding hydrogens is 531 g/mol. The highest BCUT2D eigenvalue weighted by Crippen LogP contribution is 2.32. The summed E-state index contributed by atoms with van der Waals surface area (Å²) in [5, 5.41) is 15.1. The number of sulfonamides is 1. The van der Waals surface area contributed by atoms with Gasteiger partial charge >= 0.3 is 0 Å². The number of benzene rings is 3. The SMILES string of the molecule is COc1ccc(N(CC(=O)N/N=C\c2cc([N+](=O)[O-])ccc2Cl)S(=O)(=O)c2ccc(C)cc2)cc1Cl. The Kier molecular flexibility index (Phi) is 8.51. The predicted octanol–water partition coefficient (Wildman–Crippen LogP) is 4.56. The van der Waals surface area contributed by atoms with Crippen LogP contribution in [0.25, 0.3) is 0 Å². The van der Waals surface area contributed by atoms with Gasteiger partial charge in [0, 0.05) is 22.7 Å². The Labute approximate surface area is 217 Å². The second-order valence-electron chi connectivity index (χ2n) is 7.40. The topological polar surface area (TPSA) is 131 Å². The first-order valence-corrected chi connectivity index (χ1v) is 12.4. The van der Waals surface area contributed by atoms with Gasteiger partial charge < -0.3 is 4.74 Å². The van der Waals surface area contributed by atoms with Crippen LogP contribution in [0.1, 0.15) is 11.1 Å². The third-order valence-corrected chi connectivity index (χ3v) is 7.33. The Morgan fingerprint density at radius 2 is 1.81 bits per heavy atom. The second-order valence-corrected chi connectivity index (χ2v) is 10.1. The molecule has 13 heteroatoms. The summed E-state index contributed by atoms with van der Waals surface area (Å²) >= 11 is 12.2. The molecule has 3 aromatic rings. The maximum atomic E-state index is 13.4. The number of nitrogens with zero attached hydrogens (tertiary/aromatic N) is 3. The highest BCUT2D eigenvalue weighted by Gasteiger charge is 2.28. The highest BCUT2D eigenvalue weighted by molar-refractivity contribution is 7.92. The third kappa shape index (κ3) is 6.30. The fraction of sp³-hybridized carbons (Fsp3) is 0.130. The Hall–Kier alpha value is -3.67. The average Bonchev–Trinajstić information content (AvgIpc) is 2.83. The van der Waals surface area contributed by atoms with E-state index in [9.17, 15) is 23.3 Å². The molecule has 10 nitrogen and oxygen atoms in total. The molecule has 3 aromatic carbocycles. The van der Waals surface area contributed by atoms with Gasteiger partial charge in [-0.3, -0.25) is 19.2 Å². The normalized spacial score (nSPS) is 11.3. The zero-order valence-electron chi connectivity index (χ0n) is 19.0. The van der Waals surface area contributed by atoms with Gasteiger partial charge in [-0.15, -0.1) is 0 Å². The van der Waals surface area contributed by atoms with E-state index >= 15 is 0 Å². The smallest absolute Gasteiger partial charge is 0.270 e. The number of non-ortho nitro benzene ring substituents is 1. The number of ether oxygens (including phenoxy) is 1. The largest absolute Gasteiger partial charge is 0.495 e. The van der Waals surface area contributed by atoms with Crippen molar-refractivity contribution in [2.45, 2.75) is 11.8 Å². The molecule has 1 amide bonds. The van der Waals surface area contributed by atoms with Gasteiger partial charge in [0.1, 0.15) is 12.3 Å². The molecule has 0 atom stereocenters. The lowest BCUT2D eigenvalue weighted by molar-refractivity contribution is -0.384. The van der Waals surface area contributed by atoms with E-state index in [1.165, 1.54) is 55.6 Å². The average molecular weight is 551 g/mol. The lowest BCUT2D eigenvalue weighted by Crippen LogP contribution is -2.39. The molecule has 0 aliphatic rings. The first kappa shape index (κ1) is 26.9. The summed E-state index contributed by atoms with van der Waals surface area (Å²) in [6.45, 7) is 1.18. The van der Waals surface area contributed by atoms with Gasteiger partial charge in [0.15, 0.2) is 0 Å². The van der Waals surface area contributed by atoms with Crippen molar-refractivity contribution < 1.29 is 22.9 Å². The number of hydrazone groups is 1. The minimum atomic E-state index is -4.18. The number of anilines is 1. The zero-order chi connectivity index (χ0) is 26.5. The fourth-order valence-electron chi connectivity index (χ4n) is 3.05. The number of carbonyl (C=O) groups is 1. The summed E-state index contributed by atoms with van der Waals surface area (Å²) in [6.07, 6.45) is 1.12. The lowest BCUT2D eigenvalue weighted by Gasteiger charge is -2.24. The van der Waals surface area contributed by atoms with Crippen LogP contribution in [0.2, 0.25) is 10.0 Å². The highest BCUT2D eigenvalue weighted by atomic mass is 35.5. The molecule has 0 aromatic heterocycles. The molecule has 0 aliphatic carbocycles. The molecule has 3 rings (SSSR count). The summed E-state index contributed by atoms with van der Waals surface area (Å²) < 4.78 is 32.9. The van der Waals surface area contributed by atoms with Crippen LogP contribution in [0.15, 0.2) is 70.7 Å². The summed E-state index contributed by atoms with van der Waals surface area (Å²) in [5.74, 6) is -0.452. The molecule has 0 saturated carbocycles. The number of methoxy groups -OCH3 is 1. The monoisotopic (exact) mass is 550 g/mol. The van der Waals surface area contributed by atoms with E-state index in [0.717, 1.165) is 16.1 Å². The second kappa shape index (κ2) is 11.4. The van der Waals surface area contributed by atoms with Gasteiger partial charge in [-0.1, -0.05) is 40.9 Å². The van der Waals surface area contributed by atoms with Gasteiger partial charge in [0.2, 0.25) is 0 Å². The van der Waals surface area contributed by atoms with Crippen LogP contribution >= 0.6 is 23.2 Å². The molecule has 0 aliphatic heterocycles. The maximum Gasteiger partial charge on any atom is 0.270 e. The van der Waals surface area contributed by atoms with E-state index in [2.05, 4.69) is 10.5 Å². The predicted molar refractivity (Wildman–Crippen MR) is 138 cm³/mol. The minimum Gasteiger partial charge on any atom is -0.495 e. The maximum absolute atomic E-state index is 13.4. The van der Waals surface area contributed by atoms with Crippen molar-refractivity contribution >= 4 is 56.7 Å². The number of nitro groups is 1. The van der Waals surface area contributed by atoms with Gasteiger partial charge in [0.25, 0.3) is 21.6 Å². The molecule has 188 valence electrons. The van der Waals surface area contributed by atoms with Gasteiger partial charge in [0.05, 0.1) is 33.9 Å². The van der Waals surface area contributed by atoms with Crippen LogP contribution in [-0.4, -0.2) is 39.1 Å². The van der Waals surface area contributed by atoms with Gasteiger partial charge in [-0.2, -0.15) is 5.10 Å². The van der Waals surface area contributed by atoms with Gasteiger partial charge in [-0.05, 0) is 43.3 Å². The van der Waals surface area contributed by atoms with E-state index in [4.69, 9.17) is 27.9 Å². The first-order chi connectivity index (χ1) is 17.0. The van der Waals surface area contributed by atoms with Crippen molar-refractivity contribution in [3.8, 4) is 5.75 Å². The van der Waals surface area contributed by atoms with E-state index in [-0.39, 0.29) is 31.9 Å². The van der Waals surface area contributed by atoms with Crippen LogP contribution < -0.4 is 14.5 Å². The number of rotatable bonds is 9. The molecule has 0 bridgehead atoms.